The molecule has 0 nitrogen and oxygen atoms in total. The molecule has 10 fully saturated rings. The van der Waals surface area contributed by atoms with E-state index in [2.05, 4.69) is 187 Å². The SMILES string of the molecule is C.C.C.C.C.C.C.C.C.C.CC1CC(C)C(C)C1.CC1CC(C)[C@@H](C)C1.CC1CCC(C)(C)C1.CC1CCC(C)C1C.CC1CCCC1(C)C.CCC1(C)CCCC1.CCC1(C)CCCC1.CCC1CCCC1C.C[C@H]1CCC(C)(C)C1.C[C@H]1CCCC1(C)C. The first-order chi connectivity index (χ1) is 36.9. The van der Waals surface area contributed by atoms with Gasteiger partial charge in [-0.25, -0.2) is 0 Å². The third kappa shape index (κ3) is 45.5. The lowest BCUT2D eigenvalue weighted by molar-refractivity contribution is 0.281. The molecule has 0 heteroatoms. The molecule has 0 saturated heterocycles. The third-order valence-corrected chi connectivity index (χ3v) is 25.8. The molecular formula is C90H200. The molecule has 0 radical (unpaired) electrons. The van der Waals surface area contributed by atoms with Crippen LogP contribution in [0.15, 0.2) is 0 Å². The molecule has 0 N–H and O–H groups in total. The summed E-state index contributed by atoms with van der Waals surface area (Å²) in [5, 5.41) is 0. The van der Waals surface area contributed by atoms with Gasteiger partial charge in [0.25, 0.3) is 0 Å². The van der Waals surface area contributed by atoms with E-state index in [0.717, 1.165) is 99.6 Å². The molecule has 13 atom stereocenters. The third-order valence-electron chi connectivity index (χ3n) is 25.8. The summed E-state index contributed by atoms with van der Waals surface area (Å²) in [5.74, 6) is 14.9. The highest BCUT2D eigenvalue weighted by Crippen LogP contribution is 2.45. The Kier molecular flexibility index (Phi) is 66.8. The standard InChI is InChI=1S/10C8H16.10CH4/c2*1-6-4-7(2)8(3)5-6;2*1-7-4-5-8(2,3)6-7;2*1-7-5-4-6-8(7,2)3;1-6-4-5-7(2)8(6)3;2*1-3-8(2)6-4-5-7-8;1-3-8-6-4-5-7(8)2;;;;;;;;;;/h2*6-8H,4-5H2,1-3H3;4*7H,4-6H2,1-3H3;6-8H,4-5H2,1-3H3;2*3-7H2,1-2H3;7-8H,3-6H2,1-2H3;10*1H4/t6?,7-,8?;;7-;;7-;;;;;;;;;;;;;;;/m0.0.0.............../s1. The lowest BCUT2D eigenvalue weighted by atomic mass is 9.83. The molecule has 0 aromatic heterocycles. The minimum absolute atomic E-state index is 0. The molecule has 0 bridgehead atoms. The molecule has 10 aliphatic carbocycles. The van der Waals surface area contributed by atoms with Crippen molar-refractivity contribution in [3.63, 3.8) is 0 Å². The second kappa shape index (κ2) is 54.0. The molecule has 90 heavy (non-hydrogen) atoms. The van der Waals surface area contributed by atoms with Gasteiger partial charge in [0.1, 0.15) is 0 Å². The second-order valence-electron chi connectivity index (χ2n) is 35.9. The van der Waals surface area contributed by atoms with Gasteiger partial charge in [-0.1, -0.05) is 377 Å². The Morgan fingerprint density at radius 2 is 0.556 bits per heavy atom. The predicted octanol–water partition coefficient (Wildman–Crippen LogP) is 34.5. The minimum Gasteiger partial charge on any atom is -0.0776 e. The minimum atomic E-state index is 0. The summed E-state index contributed by atoms with van der Waals surface area (Å²) in [7, 11) is 0. The van der Waals surface area contributed by atoms with E-state index in [1.165, 1.54) is 205 Å². The Morgan fingerprint density at radius 3 is 0.644 bits per heavy atom. The van der Waals surface area contributed by atoms with E-state index in [4.69, 9.17) is 0 Å². The van der Waals surface area contributed by atoms with E-state index < -0.39 is 0 Å². The highest BCUT2D eigenvalue weighted by Gasteiger charge is 2.33. The summed E-state index contributed by atoms with van der Waals surface area (Å²) in [6, 6.07) is 0. The molecule has 0 aromatic rings. The fourth-order valence-corrected chi connectivity index (χ4v) is 16.8. The number of hydrogen-bond donors (Lipinski definition) is 0. The van der Waals surface area contributed by atoms with Gasteiger partial charge >= 0.3 is 0 Å². The van der Waals surface area contributed by atoms with Crippen LogP contribution in [0.5, 0.6) is 0 Å². The zero-order chi connectivity index (χ0) is 61.3. The summed E-state index contributed by atoms with van der Waals surface area (Å²) in [6.45, 7) is 63.9. The molecule has 0 heterocycles. The van der Waals surface area contributed by atoms with E-state index in [1.807, 2.05) is 0 Å². The van der Waals surface area contributed by atoms with Crippen LogP contribution in [0.2, 0.25) is 0 Å². The van der Waals surface area contributed by atoms with Crippen LogP contribution >= 0.6 is 0 Å². The monoisotopic (exact) mass is 1280 g/mol. The predicted molar refractivity (Wildman–Crippen MR) is 435 cm³/mol. The molecule has 0 amide bonds. The smallest absolute Gasteiger partial charge is 0.0328 e. The van der Waals surface area contributed by atoms with Gasteiger partial charge < -0.3 is 0 Å². The van der Waals surface area contributed by atoms with Gasteiger partial charge in [-0.2, -0.15) is 0 Å². The van der Waals surface area contributed by atoms with Crippen molar-refractivity contribution in [1.82, 2.24) is 0 Å². The van der Waals surface area contributed by atoms with Crippen molar-refractivity contribution in [2.75, 3.05) is 0 Å². The highest BCUT2D eigenvalue weighted by atomic mass is 14.4. The average Bonchev–Trinajstić information content (AvgIpc) is 4.29. The van der Waals surface area contributed by atoms with Gasteiger partial charge in [0, 0.05) is 0 Å². The van der Waals surface area contributed by atoms with Crippen LogP contribution in [0, 0.1) is 121 Å². The average molecular weight is 1280 g/mol. The molecule has 0 aromatic carbocycles. The zero-order valence-electron chi connectivity index (χ0n) is 61.3. The topological polar surface area (TPSA) is 0 Å². The van der Waals surface area contributed by atoms with Crippen molar-refractivity contribution < 1.29 is 0 Å². The molecule has 560 valence electrons. The van der Waals surface area contributed by atoms with Crippen LogP contribution in [-0.4, -0.2) is 0 Å². The summed E-state index contributed by atoms with van der Waals surface area (Å²) < 4.78 is 0. The van der Waals surface area contributed by atoms with Crippen LogP contribution in [0.4, 0.5) is 0 Å². The van der Waals surface area contributed by atoms with E-state index >= 15 is 0 Å². The van der Waals surface area contributed by atoms with Crippen molar-refractivity contribution in [3.05, 3.63) is 0 Å². The molecule has 10 saturated carbocycles. The van der Waals surface area contributed by atoms with Gasteiger partial charge in [-0.05, 0) is 211 Å². The summed E-state index contributed by atoms with van der Waals surface area (Å²) >= 11 is 0. The van der Waals surface area contributed by atoms with Crippen molar-refractivity contribution in [1.29, 1.82) is 0 Å². The van der Waals surface area contributed by atoms with Gasteiger partial charge in [0.15, 0.2) is 0 Å². The van der Waals surface area contributed by atoms with Crippen molar-refractivity contribution >= 4 is 0 Å². The normalized spacial score (nSPS) is 33.4. The van der Waals surface area contributed by atoms with Gasteiger partial charge in [-0.3, -0.25) is 0 Å². The van der Waals surface area contributed by atoms with E-state index in [-0.39, 0.29) is 74.3 Å². The molecule has 10 aliphatic rings. The Hall–Kier alpha value is 0. The first-order valence-electron chi connectivity index (χ1n) is 36.9. The Balaban J connectivity index is -0.0000000976. The zero-order valence-corrected chi connectivity index (χ0v) is 61.3. The van der Waals surface area contributed by atoms with Gasteiger partial charge in [-0.15, -0.1) is 0 Å². The maximum absolute atomic E-state index is 2.42. The number of hydrogen-bond acceptors (Lipinski definition) is 0. The summed E-state index contributed by atoms with van der Waals surface area (Å²) in [6.07, 6.45) is 46.5. The lowest BCUT2D eigenvalue weighted by Gasteiger charge is -2.22. The largest absolute Gasteiger partial charge is 0.0776 e. The van der Waals surface area contributed by atoms with Crippen LogP contribution in [0.1, 0.15) is 467 Å². The quantitative estimate of drug-likeness (QED) is 0.264. The molecule has 10 unspecified atom stereocenters. The van der Waals surface area contributed by atoms with Crippen LogP contribution in [0.3, 0.4) is 0 Å². The molecule has 10 rings (SSSR count). The fourth-order valence-electron chi connectivity index (χ4n) is 16.8. The van der Waals surface area contributed by atoms with Crippen molar-refractivity contribution in [3.8, 4) is 0 Å². The Labute approximate surface area is 584 Å². The van der Waals surface area contributed by atoms with E-state index in [9.17, 15) is 0 Å². The van der Waals surface area contributed by atoms with Gasteiger partial charge in [0.05, 0.1) is 0 Å². The van der Waals surface area contributed by atoms with Crippen molar-refractivity contribution in [2.24, 2.45) is 121 Å². The fraction of sp³-hybridized carbons (Fsp3) is 1.00. The van der Waals surface area contributed by atoms with Crippen LogP contribution in [0.25, 0.3) is 0 Å². The Morgan fingerprint density at radius 1 is 0.267 bits per heavy atom. The summed E-state index contributed by atoms with van der Waals surface area (Å²) in [5.41, 5.74) is 4.11. The maximum atomic E-state index is 2.42. The highest BCUT2D eigenvalue weighted by molar-refractivity contribution is 4.84. The van der Waals surface area contributed by atoms with Crippen LogP contribution < -0.4 is 0 Å². The van der Waals surface area contributed by atoms with Crippen LogP contribution in [-0.2, 0) is 0 Å². The molecule has 0 aliphatic heterocycles. The number of rotatable bonds is 3. The Bertz CT molecular complexity index is 1380. The summed E-state index contributed by atoms with van der Waals surface area (Å²) in [4.78, 5) is 0. The molecule has 0 spiro atoms. The first-order valence-corrected chi connectivity index (χ1v) is 36.9. The van der Waals surface area contributed by atoms with E-state index in [0.29, 0.717) is 21.7 Å². The van der Waals surface area contributed by atoms with Gasteiger partial charge in [0.2, 0.25) is 0 Å². The van der Waals surface area contributed by atoms with Crippen molar-refractivity contribution in [2.45, 2.75) is 467 Å². The van der Waals surface area contributed by atoms with E-state index in [1.54, 1.807) is 0 Å². The maximum Gasteiger partial charge on any atom is -0.0328 e. The first kappa shape index (κ1) is 111. The molecular weight excluding hydrogens is 1080 g/mol. The lowest BCUT2D eigenvalue weighted by Crippen LogP contribution is -2.13. The second-order valence-corrected chi connectivity index (χ2v) is 35.9.